The van der Waals surface area contributed by atoms with Crippen LogP contribution in [0.1, 0.15) is 5.82 Å². The zero-order chi connectivity index (χ0) is 17.6. The minimum absolute atomic E-state index is 0.109. The minimum atomic E-state index is 0.109. The fraction of sp³-hybridized carbons (Fsp3) is 0.118. The number of rotatable bonds is 6. The molecule has 3 aromatic rings. The molecule has 0 aliphatic rings. The van der Waals surface area contributed by atoms with E-state index in [0.29, 0.717) is 23.3 Å². The third-order valence-corrected chi connectivity index (χ3v) is 3.90. The van der Waals surface area contributed by atoms with Crippen LogP contribution in [0.15, 0.2) is 53.0 Å². The van der Waals surface area contributed by atoms with Crippen LogP contribution in [0.4, 0.5) is 17.6 Å². The number of anilines is 3. The van der Waals surface area contributed by atoms with Crippen LogP contribution in [0.25, 0.3) is 0 Å². The van der Waals surface area contributed by atoms with Gasteiger partial charge in [-0.2, -0.15) is 15.0 Å². The van der Waals surface area contributed by atoms with Crippen LogP contribution in [0, 0.1) is 0 Å². The lowest BCUT2D eigenvalue weighted by Crippen LogP contribution is -2.09. The van der Waals surface area contributed by atoms with Gasteiger partial charge >= 0.3 is 0 Å². The summed E-state index contributed by atoms with van der Waals surface area (Å²) < 4.78 is 11.9. The summed E-state index contributed by atoms with van der Waals surface area (Å²) in [5.74, 6) is 2.22. The number of aromatic nitrogens is 3. The largest absolute Gasteiger partial charge is 0.495 e. The summed E-state index contributed by atoms with van der Waals surface area (Å²) in [6.07, 6.45) is 0. The molecular formula is C17H16BrN5O2. The van der Waals surface area contributed by atoms with Gasteiger partial charge in [-0.15, -0.1) is 0 Å². The van der Waals surface area contributed by atoms with E-state index in [1.807, 2.05) is 48.5 Å². The first-order chi connectivity index (χ1) is 12.2. The molecule has 0 saturated carbocycles. The van der Waals surface area contributed by atoms with Crippen LogP contribution >= 0.6 is 15.9 Å². The lowest BCUT2D eigenvalue weighted by Gasteiger charge is -2.11. The second-order valence-corrected chi connectivity index (χ2v) is 5.83. The summed E-state index contributed by atoms with van der Waals surface area (Å²) in [6.45, 7) is 0.163. The van der Waals surface area contributed by atoms with Crippen LogP contribution in [-0.4, -0.2) is 22.1 Å². The van der Waals surface area contributed by atoms with Gasteiger partial charge < -0.3 is 20.5 Å². The zero-order valence-corrected chi connectivity index (χ0v) is 15.0. The fourth-order valence-electron chi connectivity index (χ4n) is 2.13. The van der Waals surface area contributed by atoms with Crippen molar-refractivity contribution in [1.82, 2.24) is 15.0 Å². The molecule has 0 bridgehead atoms. The maximum absolute atomic E-state index is 5.78. The average molecular weight is 402 g/mol. The highest BCUT2D eigenvalue weighted by molar-refractivity contribution is 9.10. The lowest BCUT2D eigenvalue weighted by molar-refractivity contribution is 0.294. The Hall–Kier alpha value is -2.87. The highest BCUT2D eigenvalue weighted by Crippen LogP contribution is 2.26. The minimum Gasteiger partial charge on any atom is -0.495 e. The first-order valence-electron chi connectivity index (χ1n) is 7.43. The smallest absolute Gasteiger partial charge is 0.232 e. The number of para-hydroxylation sites is 3. The molecule has 128 valence electrons. The monoisotopic (exact) mass is 401 g/mol. The molecule has 0 unspecified atom stereocenters. The molecule has 0 fully saturated rings. The van der Waals surface area contributed by atoms with E-state index < -0.39 is 0 Å². The Morgan fingerprint density at radius 1 is 1.00 bits per heavy atom. The van der Waals surface area contributed by atoms with Gasteiger partial charge in [-0.1, -0.05) is 24.3 Å². The summed E-state index contributed by atoms with van der Waals surface area (Å²) in [5, 5.41) is 3.08. The van der Waals surface area contributed by atoms with Crippen LogP contribution in [0.3, 0.4) is 0 Å². The Labute approximate surface area is 153 Å². The summed E-state index contributed by atoms with van der Waals surface area (Å²) in [7, 11) is 1.60. The molecule has 25 heavy (non-hydrogen) atoms. The number of benzene rings is 2. The second kappa shape index (κ2) is 7.80. The van der Waals surface area contributed by atoms with Crippen molar-refractivity contribution in [2.24, 2.45) is 0 Å². The first-order valence-corrected chi connectivity index (χ1v) is 8.23. The molecule has 3 N–H and O–H groups in total. The van der Waals surface area contributed by atoms with Crippen LogP contribution in [0.2, 0.25) is 0 Å². The van der Waals surface area contributed by atoms with E-state index in [9.17, 15) is 0 Å². The van der Waals surface area contributed by atoms with Crippen molar-refractivity contribution in [2.45, 2.75) is 6.61 Å². The second-order valence-electron chi connectivity index (χ2n) is 4.98. The predicted octanol–water partition coefficient (Wildman–Crippen LogP) is 3.55. The topological polar surface area (TPSA) is 95.2 Å². The molecule has 8 heteroatoms. The fourth-order valence-corrected chi connectivity index (χ4v) is 2.53. The number of nitrogens with zero attached hydrogens (tertiary/aromatic N) is 3. The Morgan fingerprint density at radius 3 is 2.48 bits per heavy atom. The molecule has 1 heterocycles. The number of ether oxygens (including phenoxy) is 2. The van der Waals surface area contributed by atoms with Gasteiger partial charge in [-0.05, 0) is 40.2 Å². The molecule has 0 atom stereocenters. The van der Waals surface area contributed by atoms with Gasteiger partial charge in [-0.25, -0.2) is 0 Å². The molecule has 1 aromatic heterocycles. The highest BCUT2D eigenvalue weighted by atomic mass is 79.9. The summed E-state index contributed by atoms with van der Waals surface area (Å²) >= 11 is 3.43. The van der Waals surface area contributed by atoms with Gasteiger partial charge in [0.25, 0.3) is 0 Å². The van der Waals surface area contributed by atoms with Crippen LogP contribution in [0.5, 0.6) is 11.5 Å². The van der Waals surface area contributed by atoms with Crippen molar-refractivity contribution >= 4 is 33.5 Å². The SMILES string of the molecule is COc1ccccc1Nc1nc(N)nc(COc2ccccc2Br)n1. The molecule has 0 amide bonds. The van der Waals surface area contributed by atoms with E-state index in [0.717, 1.165) is 10.2 Å². The lowest BCUT2D eigenvalue weighted by atomic mass is 10.3. The van der Waals surface area contributed by atoms with Crippen LogP contribution in [-0.2, 0) is 6.61 Å². The molecular weight excluding hydrogens is 386 g/mol. The van der Waals surface area contributed by atoms with Crippen molar-refractivity contribution in [3.63, 3.8) is 0 Å². The molecule has 0 radical (unpaired) electrons. The molecule has 0 saturated heterocycles. The number of nitrogens with two attached hydrogens (primary N) is 1. The van der Waals surface area contributed by atoms with Crippen molar-refractivity contribution in [2.75, 3.05) is 18.2 Å². The molecule has 0 aliphatic carbocycles. The summed E-state index contributed by atoms with van der Waals surface area (Å²) in [5.41, 5.74) is 6.51. The molecule has 3 rings (SSSR count). The van der Waals surface area contributed by atoms with Crippen molar-refractivity contribution in [1.29, 1.82) is 0 Å². The molecule has 2 aromatic carbocycles. The summed E-state index contributed by atoms with van der Waals surface area (Å²) in [4.78, 5) is 12.5. The van der Waals surface area contributed by atoms with Crippen molar-refractivity contribution in [3.05, 3.63) is 58.8 Å². The van der Waals surface area contributed by atoms with Crippen LogP contribution < -0.4 is 20.5 Å². The average Bonchev–Trinajstić information content (AvgIpc) is 2.61. The number of hydrogen-bond donors (Lipinski definition) is 2. The number of nitrogens with one attached hydrogen (secondary N) is 1. The quantitative estimate of drug-likeness (QED) is 0.651. The maximum Gasteiger partial charge on any atom is 0.232 e. The highest BCUT2D eigenvalue weighted by Gasteiger charge is 2.09. The van der Waals surface area contributed by atoms with Gasteiger partial charge in [0.05, 0.1) is 17.3 Å². The number of halogens is 1. The van der Waals surface area contributed by atoms with Gasteiger partial charge in [0.1, 0.15) is 18.1 Å². The number of methoxy groups -OCH3 is 1. The normalized spacial score (nSPS) is 10.3. The molecule has 0 spiro atoms. The van der Waals surface area contributed by atoms with Crippen molar-refractivity contribution in [3.8, 4) is 11.5 Å². The zero-order valence-electron chi connectivity index (χ0n) is 13.4. The van der Waals surface area contributed by atoms with E-state index in [4.69, 9.17) is 15.2 Å². The molecule has 7 nitrogen and oxygen atoms in total. The summed E-state index contributed by atoms with van der Waals surface area (Å²) in [6, 6.07) is 15.0. The van der Waals surface area contributed by atoms with Gasteiger partial charge in [0.2, 0.25) is 11.9 Å². The standard InChI is InChI=1S/C17H16BrN5O2/c1-24-14-9-5-3-7-12(14)20-17-22-15(21-16(19)23-17)10-25-13-8-4-2-6-11(13)18/h2-9H,10H2,1H3,(H3,19,20,21,22,23). The third-order valence-electron chi connectivity index (χ3n) is 3.25. The van der Waals surface area contributed by atoms with E-state index in [1.165, 1.54) is 0 Å². The third kappa shape index (κ3) is 4.36. The van der Waals surface area contributed by atoms with E-state index in [2.05, 4.69) is 36.2 Å². The first kappa shape index (κ1) is 17.0. The predicted molar refractivity (Wildman–Crippen MR) is 99.0 cm³/mol. The van der Waals surface area contributed by atoms with Crippen molar-refractivity contribution < 1.29 is 9.47 Å². The van der Waals surface area contributed by atoms with Gasteiger partial charge in [0.15, 0.2) is 5.82 Å². The Morgan fingerprint density at radius 2 is 1.72 bits per heavy atom. The Bertz CT molecular complexity index is 875. The number of hydrogen-bond acceptors (Lipinski definition) is 7. The Balaban J connectivity index is 1.77. The number of nitrogen functional groups attached to an aromatic ring is 1. The van der Waals surface area contributed by atoms with E-state index in [1.54, 1.807) is 7.11 Å². The van der Waals surface area contributed by atoms with Gasteiger partial charge in [0, 0.05) is 0 Å². The van der Waals surface area contributed by atoms with E-state index >= 15 is 0 Å². The van der Waals surface area contributed by atoms with E-state index in [-0.39, 0.29) is 12.6 Å². The molecule has 0 aliphatic heterocycles. The Kier molecular flexibility index (Phi) is 5.30. The maximum atomic E-state index is 5.78. The van der Waals surface area contributed by atoms with Gasteiger partial charge in [-0.3, -0.25) is 0 Å².